The Morgan fingerprint density at radius 3 is 2.50 bits per heavy atom. The smallest absolute Gasteiger partial charge is 0.240 e. The van der Waals surface area contributed by atoms with Gasteiger partial charge in [-0.2, -0.15) is 5.26 Å². The number of nitrogen functional groups attached to an aromatic ring is 1. The molecule has 7 heteroatoms. The maximum absolute atomic E-state index is 11.4. The molecule has 2 rings (SSSR count). The summed E-state index contributed by atoms with van der Waals surface area (Å²) in [5, 5.41) is 16.9. The van der Waals surface area contributed by atoms with E-state index in [1.54, 1.807) is 30.3 Å². The van der Waals surface area contributed by atoms with Gasteiger partial charge >= 0.3 is 0 Å². The van der Waals surface area contributed by atoms with E-state index in [4.69, 9.17) is 16.1 Å². The molecular formula is C13H12N4O2S. The third-order valence-electron chi connectivity index (χ3n) is 2.64. The van der Waals surface area contributed by atoms with Crippen LogP contribution in [0.15, 0.2) is 47.4 Å². The summed E-state index contributed by atoms with van der Waals surface area (Å²) < 4.78 is 22.8. The second-order valence-electron chi connectivity index (χ2n) is 4.08. The number of hydrogen-bond donors (Lipinski definition) is 3. The molecule has 0 fully saturated rings. The second kappa shape index (κ2) is 5.21. The lowest BCUT2D eigenvalue weighted by atomic mass is 10.2. The zero-order chi connectivity index (χ0) is 14.8. The standard InChI is InChI=1S/C13H12N4O2S/c14-8-9-3-1-4-10(7-9)17-11-5-2-6-12(13(11)15)20(16,18)19/h1-7,17H,15H2,(H2,16,18,19). The minimum absolute atomic E-state index is 0.0392. The molecular weight excluding hydrogens is 276 g/mol. The van der Waals surface area contributed by atoms with Crippen molar-refractivity contribution >= 4 is 27.1 Å². The van der Waals surface area contributed by atoms with Crippen LogP contribution in [0.2, 0.25) is 0 Å². The Hall–Kier alpha value is -2.56. The number of nitrogens with zero attached hydrogens (tertiary/aromatic N) is 1. The third kappa shape index (κ3) is 2.88. The number of benzene rings is 2. The topological polar surface area (TPSA) is 122 Å². The van der Waals surface area contributed by atoms with Crippen LogP contribution in [0, 0.1) is 11.3 Å². The van der Waals surface area contributed by atoms with Gasteiger partial charge in [-0.15, -0.1) is 0 Å². The summed E-state index contributed by atoms with van der Waals surface area (Å²) in [5.41, 5.74) is 7.36. The minimum atomic E-state index is -3.88. The molecule has 0 bridgehead atoms. The van der Waals surface area contributed by atoms with E-state index in [2.05, 4.69) is 5.32 Å². The van der Waals surface area contributed by atoms with Gasteiger partial charge in [0, 0.05) is 5.69 Å². The first-order valence-corrected chi connectivity index (χ1v) is 7.15. The second-order valence-corrected chi connectivity index (χ2v) is 5.61. The number of nitrogens with one attached hydrogen (secondary N) is 1. The predicted octanol–water partition coefficient (Wildman–Crippen LogP) is 1.53. The number of primary sulfonamides is 1. The molecule has 0 aliphatic carbocycles. The van der Waals surface area contributed by atoms with E-state index in [9.17, 15) is 8.42 Å². The summed E-state index contributed by atoms with van der Waals surface area (Å²) in [7, 11) is -3.88. The highest BCUT2D eigenvalue weighted by Crippen LogP contribution is 2.28. The van der Waals surface area contributed by atoms with E-state index < -0.39 is 10.0 Å². The summed E-state index contributed by atoms with van der Waals surface area (Å²) in [4.78, 5) is -0.140. The van der Waals surface area contributed by atoms with Crippen molar-refractivity contribution in [2.24, 2.45) is 5.14 Å². The molecule has 0 radical (unpaired) electrons. The lowest BCUT2D eigenvalue weighted by molar-refractivity contribution is 0.598. The fourth-order valence-corrected chi connectivity index (χ4v) is 2.41. The Labute approximate surface area is 116 Å². The summed E-state index contributed by atoms with van der Waals surface area (Å²) >= 11 is 0. The molecule has 20 heavy (non-hydrogen) atoms. The number of nitrogens with two attached hydrogens (primary N) is 2. The van der Waals surface area contributed by atoms with Crippen LogP contribution in [0.5, 0.6) is 0 Å². The zero-order valence-electron chi connectivity index (χ0n) is 10.4. The Kier molecular flexibility index (Phi) is 3.61. The SMILES string of the molecule is N#Cc1cccc(Nc2cccc(S(N)(=O)=O)c2N)c1. The molecule has 0 atom stereocenters. The zero-order valence-corrected chi connectivity index (χ0v) is 11.2. The summed E-state index contributed by atoms with van der Waals surface area (Å²) in [6.45, 7) is 0. The molecule has 0 aliphatic heterocycles. The lowest BCUT2D eigenvalue weighted by Gasteiger charge is -2.12. The first-order chi connectivity index (χ1) is 9.41. The summed E-state index contributed by atoms with van der Waals surface area (Å²) in [6, 6.07) is 13.3. The maximum Gasteiger partial charge on any atom is 0.240 e. The summed E-state index contributed by atoms with van der Waals surface area (Å²) in [5.74, 6) is 0. The molecule has 102 valence electrons. The molecule has 0 heterocycles. The van der Waals surface area contributed by atoms with Gasteiger partial charge < -0.3 is 11.1 Å². The quantitative estimate of drug-likeness (QED) is 0.739. The highest BCUT2D eigenvalue weighted by molar-refractivity contribution is 7.89. The van der Waals surface area contributed by atoms with E-state index in [1.807, 2.05) is 6.07 Å². The van der Waals surface area contributed by atoms with Crippen LogP contribution >= 0.6 is 0 Å². The number of nitriles is 1. The molecule has 2 aromatic rings. The fraction of sp³-hybridized carbons (Fsp3) is 0. The number of anilines is 3. The third-order valence-corrected chi connectivity index (χ3v) is 3.61. The van der Waals surface area contributed by atoms with Crippen LogP contribution in [0.1, 0.15) is 5.56 Å². The van der Waals surface area contributed by atoms with Gasteiger partial charge in [0.2, 0.25) is 10.0 Å². The molecule has 6 nitrogen and oxygen atoms in total. The summed E-state index contributed by atoms with van der Waals surface area (Å²) in [6.07, 6.45) is 0. The van der Waals surface area contributed by atoms with Crippen molar-refractivity contribution in [1.29, 1.82) is 5.26 Å². The van der Waals surface area contributed by atoms with E-state index in [1.165, 1.54) is 12.1 Å². The van der Waals surface area contributed by atoms with Crippen molar-refractivity contribution in [3.05, 3.63) is 48.0 Å². The normalized spacial score (nSPS) is 10.8. The van der Waals surface area contributed by atoms with Gasteiger partial charge in [-0.25, -0.2) is 13.6 Å². The van der Waals surface area contributed by atoms with Gasteiger partial charge in [0.25, 0.3) is 0 Å². The molecule has 0 unspecified atom stereocenters. The maximum atomic E-state index is 11.4. The molecule has 0 aromatic heterocycles. The van der Waals surface area contributed by atoms with Gasteiger partial charge in [-0.1, -0.05) is 12.1 Å². The van der Waals surface area contributed by atoms with Crippen LogP contribution < -0.4 is 16.2 Å². The van der Waals surface area contributed by atoms with Gasteiger partial charge in [-0.3, -0.25) is 0 Å². The largest absolute Gasteiger partial charge is 0.396 e. The molecule has 0 aliphatic rings. The van der Waals surface area contributed by atoms with E-state index >= 15 is 0 Å². The van der Waals surface area contributed by atoms with Crippen LogP contribution in [0.25, 0.3) is 0 Å². The lowest BCUT2D eigenvalue weighted by Crippen LogP contribution is -2.15. The van der Waals surface area contributed by atoms with Crippen molar-refractivity contribution < 1.29 is 8.42 Å². The first kappa shape index (κ1) is 13.9. The van der Waals surface area contributed by atoms with E-state index in [0.717, 1.165) is 0 Å². The average Bonchev–Trinajstić information content (AvgIpc) is 2.40. The van der Waals surface area contributed by atoms with Crippen LogP contribution in [0.3, 0.4) is 0 Å². The van der Waals surface area contributed by atoms with Gasteiger partial charge in [0.05, 0.1) is 23.0 Å². The highest BCUT2D eigenvalue weighted by atomic mass is 32.2. The number of para-hydroxylation sites is 1. The van der Waals surface area contributed by atoms with E-state index in [0.29, 0.717) is 16.9 Å². The molecule has 0 amide bonds. The van der Waals surface area contributed by atoms with Crippen molar-refractivity contribution in [3.8, 4) is 6.07 Å². The van der Waals surface area contributed by atoms with Crippen molar-refractivity contribution in [1.82, 2.24) is 0 Å². The Morgan fingerprint density at radius 2 is 1.85 bits per heavy atom. The molecule has 0 saturated heterocycles. The monoisotopic (exact) mass is 288 g/mol. The van der Waals surface area contributed by atoms with Crippen LogP contribution in [0.4, 0.5) is 17.1 Å². The Morgan fingerprint density at radius 1 is 1.15 bits per heavy atom. The van der Waals surface area contributed by atoms with E-state index in [-0.39, 0.29) is 10.6 Å². The van der Waals surface area contributed by atoms with Crippen molar-refractivity contribution in [3.63, 3.8) is 0 Å². The first-order valence-electron chi connectivity index (χ1n) is 5.60. The van der Waals surface area contributed by atoms with Gasteiger partial charge in [0.15, 0.2) is 0 Å². The highest BCUT2D eigenvalue weighted by Gasteiger charge is 2.14. The average molecular weight is 288 g/mol. The van der Waals surface area contributed by atoms with Crippen LogP contribution in [-0.4, -0.2) is 8.42 Å². The van der Waals surface area contributed by atoms with Crippen molar-refractivity contribution in [2.45, 2.75) is 4.90 Å². The van der Waals surface area contributed by atoms with Crippen molar-refractivity contribution in [2.75, 3.05) is 11.1 Å². The molecule has 5 N–H and O–H groups in total. The molecule has 0 saturated carbocycles. The van der Waals surface area contributed by atoms with Crippen LogP contribution in [-0.2, 0) is 10.0 Å². The predicted molar refractivity (Wildman–Crippen MR) is 76.7 cm³/mol. The number of rotatable bonds is 3. The van der Waals surface area contributed by atoms with Gasteiger partial charge in [-0.05, 0) is 30.3 Å². The number of sulfonamides is 1. The Bertz CT molecular complexity index is 794. The minimum Gasteiger partial charge on any atom is -0.396 e. The molecule has 0 spiro atoms. The Balaban J connectivity index is 2.42. The number of hydrogen-bond acceptors (Lipinski definition) is 5. The fourth-order valence-electron chi connectivity index (χ4n) is 1.72. The van der Waals surface area contributed by atoms with Gasteiger partial charge in [0.1, 0.15) is 4.90 Å². The molecule has 2 aromatic carbocycles.